The van der Waals surface area contributed by atoms with Gasteiger partial charge in [-0.05, 0) is 47.4 Å². The van der Waals surface area contributed by atoms with E-state index in [9.17, 15) is 26.3 Å². The lowest BCUT2D eigenvalue weighted by Gasteiger charge is -2.18. The molecule has 0 heterocycles. The summed E-state index contributed by atoms with van der Waals surface area (Å²) in [5, 5.41) is 0. The molecule has 0 rings (SSSR count). The number of allylic oxidation sites excluding steroid dienone is 17. The van der Waals surface area contributed by atoms with Crippen LogP contribution in [-0.4, -0.2) is 6.11 Å². The number of halogens is 6. The van der Waals surface area contributed by atoms with Gasteiger partial charge in [-0.1, -0.05) is 89.6 Å². The van der Waals surface area contributed by atoms with Gasteiger partial charge in [0.15, 0.2) is 11.7 Å². The van der Waals surface area contributed by atoms with E-state index in [4.69, 9.17) is 0 Å². The van der Waals surface area contributed by atoms with Crippen LogP contribution >= 0.6 is 0 Å². The Labute approximate surface area is 226 Å². The Morgan fingerprint density at radius 3 is 1.46 bits per heavy atom. The van der Waals surface area contributed by atoms with Crippen LogP contribution in [0.4, 0.5) is 26.3 Å². The Kier molecular flexibility index (Phi) is 13.3. The Morgan fingerprint density at radius 2 is 1.00 bits per heavy atom. The number of rotatable bonds is 16. The van der Waals surface area contributed by atoms with Crippen molar-refractivity contribution in [1.82, 2.24) is 0 Å². The van der Waals surface area contributed by atoms with Crippen molar-refractivity contribution < 1.29 is 31.1 Å². The molecule has 0 fully saturated rings. The largest absolute Gasteiger partial charge is 0.429 e. The highest BCUT2D eigenvalue weighted by molar-refractivity contribution is 5.54. The predicted molar refractivity (Wildman–Crippen MR) is 150 cm³/mol. The van der Waals surface area contributed by atoms with Crippen LogP contribution < -0.4 is 0 Å². The third-order valence-electron chi connectivity index (χ3n) is 4.59. The normalized spacial score (nSPS) is 12.7. The third-order valence-corrected chi connectivity index (χ3v) is 4.59. The van der Waals surface area contributed by atoms with Gasteiger partial charge in [0, 0.05) is 17.2 Å². The zero-order chi connectivity index (χ0) is 30.7. The minimum Gasteiger partial charge on any atom is -0.429 e. The zero-order valence-corrected chi connectivity index (χ0v) is 21.8. The fraction of sp³-hybridized carbons (Fsp3) is 0.0625. The maximum absolute atomic E-state index is 14.7. The Hall–Kier alpha value is -4.52. The SMILES string of the molecule is C=C(C)/C=C(/F)C(=C)C(=C)/C=C\C(=C)C(=C)/C=C(/F)C(=C)C(=C)/C=C\C(=C)C(F)(F)OC(=C)/C=C(/F)C(=C)F. The molecule has 0 aromatic carbocycles. The van der Waals surface area contributed by atoms with E-state index in [1.807, 2.05) is 0 Å². The van der Waals surface area contributed by atoms with Gasteiger partial charge in [-0.15, -0.1) is 0 Å². The number of hydrogen-bond donors (Lipinski definition) is 0. The highest BCUT2D eigenvalue weighted by atomic mass is 19.3. The van der Waals surface area contributed by atoms with Gasteiger partial charge in [0.05, 0.1) is 5.57 Å². The topological polar surface area (TPSA) is 9.23 Å². The minimum atomic E-state index is -4.06. The molecule has 0 aliphatic rings. The van der Waals surface area contributed by atoms with Crippen molar-refractivity contribution >= 4 is 0 Å². The molecule has 206 valence electrons. The summed E-state index contributed by atoms with van der Waals surface area (Å²) in [6.07, 6.45) is 3.04. The quantitative estimate of drug-likeness (QED) is 0.107. The van der Waals surface area contributed by atoms with Crippen LogP contribution in [0, 0.1) is 0 Å². The Balaban J connectivity index is 5.34. The van der Waals surface area contributed by atoms with E-state index >= 15 is 0 Å². The van der Waals surface area contributed by atoms with E-state index in [-0.39, 0.29) is 39.5 Å². The monoisotopic (exact) mass is 544 g/mol. The molecule has 7 heteroatoms. The van der Waals surface area contributed by atoms with Crippen LogP contribution in [0.25, 0.3) is 0 Å². The highest BCUT2D eigenvalue weighted by Gasteiger charge is 2.34. The van der Waals surface area contributed by atoms with Gasteiger partial charge in [-0.2, -0.15) is 8.78 Å². The number of ether oxygens (including phenoxy) is 1. The van der Waals surface area contributed by atoms with Gasteiger partial charge in [0.2, 0.25) is 0 Å². The van der Waals surface area contributed by atoms with Gasteiger partial charge >= 0.3 is 6.11 Å². The molecule has 0 radical (unpaired) electrons. The van der Waals surface area contributed by atoms with Crippen LogP contribution in [0.2, 0.25) is 0 Å². The van der Waals surface area contributed by atoms with Crippen LogP contribution in [-0.2, 0) is 4.74 Å². The molecule has 0 aliphatic heterocycles. The van der Waals surface area contributed by atoms with Crippen molar-refractivity contribution in [3.05, 3.63) is 182 Å². The molecular formula is C32H30F6O. The molecule has 0 atom stereocenters. The molecule has 39 heavy (non-hydrogen) atoms. The van der Waals surface area contributed by atoms with Crippen LogP contribution in [0.15, 0.2) is 182 Å². The first-order chi connectivity index (χ1) is 17.8. The second-order valence-electron chi connectivity index (χ2n) is 8.06. The molecule has 0 N–H and O–H groups in total. The van der Waals surface area contributed by atoms with E-state index in [1.165, 1.54) is 18.2 Å². The molecule has 0 amide bonds. The van der Waals surface area contributed by atoms with Gasteiger partial charge in [0.1, 0.15) is 17.4 Å². The summed E-state index contributed by atoms with van der Waals surface area (Å²) in [5.74, 6) is -5.42. The van der Waals surface area contributed by atoms with Crippen LogP contribution in [0.3, 0.4) is 0 Å². The molecule has 0 spiro atoms. The summed E-state index contributed by atoms with van der Waals surface area (Å²) in [6, 6.07) is 0. The van der Waals surface area contributed by atoms with Crippen LogP contribution in [0.5, 0.6) is 0 Å². The maximum atomic E-state index is 14.7. The zero-order valence-electron chi connectivity index (χ0n) is 21.8. The van der Waals surface area contributed by atoms with E-state index in [1.54, 1.807) is 6.92 Å². The lowest BCUT2D eigenvalue weighted by Crippen LogP contribution is -2.21. The maximum Gasteiger partial charge on any atom is 0.426 e. The molecule has 0 aromatic heterocycles. The summed E-state index contributed by atoms with van der Waals surface area (Å²) in [4.78, 5) is 0. The van der Waals surface area contributed by atoms with E-state index in [0.29, 0.717) is 5.57 Å². The summed E-state index contributed by atoms with van der Waals surface area (Å²) in [6.45, 7) is 35.9. The third kappa shape index (κ3) is 12.0. The van der Waals surface area contributed by atoms with Crippen molar-refractivity contribution in [2.45, 2.75) is 13.0 Å². The standard InChI is InChI=1S/C32H30F6O/c1-19(2)16-29(34)26(9)21(4)13-12-20(3)23(6)17-30(35)27(10)22(5)14-15-24(7)32(37,38)39-25(8)18-31(36)28(11)33/h12-18H,1,3-11H2,2H3/b13-12-,15-14-,29-16+,30-17+,31-18+. The Bertz CT molecular complexity index is 1310. The van der Waals surface area contributed by atoms with Gasteiger partial charge < -0.3 is 4.74 Å². The average molecular weight is 545 g/mol. The predicted octanol–water partition coefficient (Wildman–Crippen LogP) is 10.7. The van der Waals surface area contributed by atoms with Crippen molar-refractivity contribution in [3.8, 4) is 0 Å². The first-order valence-electron chi connectivity index (χ1n) is 10.9. The Morgan fingerprint density at radius 1 is 0.564 bits per heavy atom. The lowest BCUT2D eigenvalue weighted by molar-refractivity contribution is -0.175. The molecule has 0 unspecified atom stereocenters. The number of hydrogen-bond acceptors (Lipinski definition) is 1. The molecule has 0 aromatic rings. The summed E-state index contributed by atoms with van der Waals surface area (Å²) in [7, 11) is 0. The molecule has 0 saturated heterocycles. The minimum absolute atomic E-state index is 0.0296. The smallest absolute Gasteiger partial charge is 0.426 e. The van der Waals surface area contributed by atoms with Gasteiger partial charge in [-0.25, -0.2) is 17.6 Å². The second kappa shape index (κ2) is 15.0. The second-order valence-corrected chi connectivity index (χ2v) is 8.06. The summed E-state index contributed by atoms with van der Waals surface area (Å²) in [5.41, 5.74) is -0.147. The summed E-state index contributed by atoms with van der Waals surface area (Å²) >= 11 is 0. The fourth-order valence-corrected chi connectivity index (χ4v) is 2.23. The molecule has 0 bridgehead atoms. The first kappa shape index (κ1) is 34.5. The van der Waals surface area contributed by atoms with E-state index in [2.05, 4.69) is 70.5 Å². The van der Waals surface area contributed by atoms with Crippen molar-refractivity contribution in [3.63, 3.8) is 0 Å². The first-order valence-corrected chi connectivity index (χ1v) is 10.9. The average Bonchev–Trinajstić information content (AvgIpc) is 2.82. The van der Waals surface area contributed by atoms with Crippen LogP contribution in [0.1, 0.15) is 6.92 Å². The van der Waals surface area contributed by atoms with Crippen molar-refractivity contribution in [1.29, 1.82) is 0 Å². The van der Waals surface area contributed by atoms with Crippen molar-refractivity contribution in [2.75, 3.05) is 0 Å². The fourth-order valence-electron chi connectivity index (χ4n) is 2.23. The molecule has 1 nitrogen and oxygen atoms in total. The highest BCUT2D eigenvalue weighted by Crippen LogP contribution is 2.30. The summed E-state index contributed by atoms with van der Waals surface area (Å²) < 4.78 is 87.0. The van der Waals surface area contributed by atoms with Gasteiger partial charge in [0.25, 0.3) is 0 Å². The molecule has 0 saturated carbocycles. The molecular weight excluding hydrogens is 514 g/mol. The van der Waals surface area contributed by atoms with Gasteiger partial charge in [-0.3, -0.25) is 0 Å². The molecule has 0 aliphatic carbocycles. The lowest BCUT2D eigenvalue weighted by atomic mass is 10.0. The van der Waals surface area contributed by atoms with E-state index in [0.717, 1.165) is 18.2 Å². The van der Waals surface area contributed by atoms with Crippen molar-refractivity contribution in [2.24, 2.45) is 0 Å². The number of alkyl halides is 2. The van der Waals surface area contributed by atoms with E-state index < -0.39 is 40.7 Å².